The third-order valence-corrected chi connectivity index (χ3v) is 3.97. The Hall–Kier alpha value is -3.08. The van der Waals surface area contributed by atoms with E-state index in [1.54, 1.807) is 19.2 Å². The minimum atomic E-state index is -0.388. The van der Waals surface area contributed by atoms with Crippen LogP contribution in [-0.2, 0) is 16.0 Å². The summed E-state index contributed by atoms with van der Waals surface area (Å²) < 4.78 is 16.0. The SMILES string of the molecule is COC(=O)Cc1cc(C)cc2c(=O)cc(-c3cccc(OC)c3)oc12. The Morgan fingerprint density at radius 1 is 1.12 bits per heavy atom. The number of benzene rings is 2. The van der Waals surface area contributed by atoms with Gasteiger partial charge in [0.05, 0.1) is 26.0 Å². The van der Waals surface area contributed by atoms with Gasteiger partial charge in [-0.2, -0.15) is 0 Å². The van der Waals surface area contributed by atoms with Gasteiger partial charge in [0.1, 0.15) is 17.1 Å². The zero-order valence-electron chi connectivity index (χ0n) is 14.3. The lowest BCUT2D eigenvalue weighted by Crippen LogP contribution is -2.08. The Morgan fingerprint density at radius 2 is 1.92 bits per heavy atom. The number of hydrogen-bond donors (Lipinski definition) is 0. The fourth-order valence-corrected chi connectivity index (χ4v) is 2.77. The molecule has 0 fully saturated rings. The number of rotatable bonds is 4. The van der Waals surface area contributed by atoms with Gasteiger partial charge in [0.2, 0.25) is 0 Å². The molecule has 2 aromatic carbocycles. The van der Waals surface area contributed by atoms with Crippen molar-refractivity contribution in [2.24, 2.45) is 0 Å². The topological polar surface area (TPSA) is 65.7 Å². The number of carbonyl (C=O) groups excluding carboxylic acids is 1. The Labute approximate surface area is 144 Å². The zero-order valence-corrected chi connectivity index (χ0v) is 14.3. The van der Waals surface area contributed by atoms with E-state index in [4.69, 9.17) is 13.9 Å². The average Bonchev–Trinajstić information content (AvgIpc) is 2.62. The second kappa shape index (κ2) is 6.81. The molecule has 0 aliphatic heterocycles. The maximum Gasteiger partial charge on any atom is 0.310 e. The fraction of sp³-hybridized carbons (Fsp3) is 0.200. The highest BCUT2D eigenvalue weighted by Gasteiger charge is 2.14. The molecule has 0 saturated carbocycles. The van der Waals surface area contributed by atoms with Gasteiger partial charge in [-0.3, -0.25) is 9.59 Å². The molecular formula is C20H18O5. The third-order valence-electron chi connectivity index (χ3n) is 3.97. The van der Waals surface area contributed by atoms with Crippen molar-refractivity contribution >= 4 is 16.9 Å². The van der Waals surface area contributed by atoms with Crippen molar-refractivity contribution in [2.75, 3.05) is 14.2 Å². The molecule has 3 aromatic rings. The van der Waals surface area contributed by atoms with Crippen LogP contribution in [0.4, 0.5) is 0 Å². The van der Waals surface area contributed by atoms with Crippen LogP contribution in [-0.4, -0.2) is 20.2 Å². The fourth-order valence-electron chi connectivity index (χ4n) is 2.77. The number of ether oxygens (including phenoxy) is 2. The van der Waals surface area contributed by atoms with Crippen molar-refractivity contribution in [1.29, 1.82) is 0 Å². The van der Waals surface area contributed by atoms with Crippen LogP contribution in [0.15, 0.2) is 51.7 Å². The minimum Gasteiger partial charge on any atom is -0.497 e. The van der Waals surface area contributed by atoms with Crippen molar-refractivity contribution in [3.63, 3.8) is 0 Å². The summed E-state index contributed by atoms with van der Waals surface area (Å²) in [7, 11) is 2.91. The summed E-state index contributed by atoms with van der Waals surface area (Å²) in [5, 5.41) is 0.450. The largest absolute Gasteiger partial charge is 0.497 e. The summed E-state index contributed by atoms with van der Waals surface area (Å²) >= 11 is 0. The molecule has 0 saturated heterocycles. The van der Waals surface area contributed by atoms with E-state index >= 15 is 0 Å². The molecule has 0 bridgehead atoms. The predicted molar refractivity (Wildman–Crippen MR) is 94.9 cm³/mol. The lowest BCUT2D eigenvalue weighted by Gasteiger charge is -2.09. The van der Waals surface area contributed by atoms with Crippen molar-refractivity contribution in [1.82, 2.24) is 0 Å². The molecule has 128 valence electrons. The van der Waals surface area contributed by atoms with E-state index in [1.165, 1.54) is 13.2 Å². The van der Waals surface area contributed by atoms with E-state index in [2.05, 4.69) is 0 Å². The van der Waals surface area contributed by atoms with Gasteiger partial charge < -0.3 is 13.9 Å². The van der Waals surface area contributed by atoms with Crippen LogP contribution in [0.3, 0.4) is 0 Å². The molecule has 1 heterocycles. The first-order chi connectivity index (χ1) is 12.0. The van der Waals surface area contributed by atoms with Crippen LogP contribution in [0.5, 0.6) is 5.75 Å². The van der Waals surface area contributed by atoms with Gasteiger partial charge in [-0.15, -0.1) is 0 Å². The molecule has 25 heavy (non-hydrogen) atoms. The summed E-state index contributed by atoms with van der Waals surface area (Å²) in [5.74, 6) is 0.701. The smallest absolute Gasteiger partial charge is 0.310 e. The second-order valence-corrected chi connectivity index (χ2v) is 5.76. The highest BCUT2D eigenvalue weighted by atomic mass is 16.5. The molecule has 5 heteroatoms. The Bertz CT molecular complexity index is 1000. The van der Waals surface area contributed by atoms with E-state index in [-0.39, 0.29) is 17.8 Å². The van der Waals surface area contributed by atoms with Crippen molar-refractivity contribution in [2.45, 2.75) is 13.3 Å². The maximum atomic E-state index is 12.6. The number of esters is 1. The zero-order chi connectivity index (χ0) is 18.0. The minimum absolute atomic E-state index is 0.0409. The van der Waals surface area contributed by atoms with Gasteiger partial charge >= 0.3 is 5.97 Å². The van der Waals surface area contributed by atoms with Gasteiger partial charge in [-0.05, 0) is 30.7 Å². The highest BCUT2D eigenvalue weighted by Crippen LogP contribution is 2.28. The number of fused-ring (bicyclic) bond motifs is 1. The standard InChI is InChI=1S/C20H18O5/c1-12-7-14(10-19(22)24-3)20-16(8-12)17(21)11-18(25-20)13-5-4-6-15(9-13)23-2/h4-9,11H,10H2,1-3H3. The van der Waals surface area contributed by atoms with E-state index in [0.717, 1.165) is 11.1 Å². The first kappa shape index (κ1) is 16.8. The van der Waals surface area contributed by atoms with Crippen LogP contribution in [0.1, 0.15) is 11.1 Å². The van der Waals surface area contributed by atoms with E-state index in [9.17, 15) is 9.59 Å². The average molecular weight is 338 g/mol. The lowest BCUT2D eigenvalue weighted by molar-refractivity contribution is -0.139. The molecule has 0 unspecified atom stereocenters. The summed E-state index contributed by atoms with van der Waals surface area (Å²) in [5.41, 5.74) is 2.48. The first-order valence-corrected chi connectivity index (χ1v) is 7.80. The molecule has 0 atom stereocenters. The monoisotopic (exact) mass is 338 g/mol. The maximum absolute atomic E-state index is 12.6. The van der Waals surface area contributed by atoms with E-state index < -0.39 is 0 Å². The summed E-state index contributed by atoms with van der Waals surface area (Å²) in [4.78, 5) is 24.3. The van der Waals surface area contributed by atoms with Crippen LogP contribution in [0, 0.1) is 6.92 Å². The molecule has 0 amide bonds. The summed E-state index contributed by atoms with van der Waals surface area (Å²) in [6.07, 6.45) is 0.0409. The number of hydrogen-bond acceptors (Lipinski definition) is 5. The van der Waals surface area contributed by atoms with Crippen LogP contribution in [0.2, 0.25) is 0 Å². The predicted octanol–water partition coefficient (Wildman–Crippen LogP) is 3.49. The first-order valence-electron chi connectivity index (χ1n) is 7.80. The highest BCUT2D eigenvalue weighted by molar-refractivity contribution is 5.86. The Kier molecular flexibility index (Phi) is 4.57. The van der Waals surface area contributed by atoms with Crippen molar-refractivity contribution < 1.29 is 18.7 Å². The van der Waals surface area contributed by atoms with Gasteiger partial charge in [0.25, 0.3) is 0 Å². The van der Waals surface area contributed by atoms with E-state index in [1.807, 2.05) is 31.2 Å². The van der Waals surface area contributed by atoms with Crippen molar-refractivity contribution in [3.8, 4) is 17.1 Å². The summed E-state index contributed by atoms with van der Waals surface area (Å²) in [6, 6.07) is 12.3. The molecular weight excluding hydrogens is 320 g/mol. The van der Waals surface area contributed by atoms with Crippen LogP contribution in [0.25, 0.3) is 22.3 Å². The lowest BCUT2D eigenvalue weighted by atomic mass is 10.0. The molecule has 3 rings (SSSR count). The van der Waals surface area contributed by atoms with E-state index in [0.29, 0.717) is 28.0 Å². The second-order valence-electron chi connectivity index (χ2n) is 5.76. The van der Waals surface area contributed by atoms with Gasteiger partial charge in [0, 0.05) is 17.2 Å². The molecule has 5 nitrogen and oxygen atoms in total. The Morgan fingerprint density at radius 3 is 2.64 bits per heavy atom. The molecule has 0 N–H and O–H groups in total. The normalized spacial score (nSPS) is 10.7. The number of aryl methyl sites for hydroxylation is 1. The van der Waals surface area contributed by atoms with Gasteiger partial charge in [-0.25, -0.2) is 0 Å². The molecule has 0 aliphatic carbocycles. The molecule has 0 aliphatic rings. The third kappa shape index (κ3) is 3.40. The molecule has 0 radical (unpaired) electrons. The molecule has 1 aromatic heterocycles. The Balaban J connectivity index is 2.23. The molecule has 0 spiro atoms. The number of methoxy groups -OCH3 is 2. The number of carbonyl (C=O) groups is 1. The summed E-state index contributed by atoms with van der Waals surface area (Å²) in [6.45, 7) is 1.87. The van der Waals surface area contributed by atoms with Crippen LogP contribution < -0.4 is 10.2 Å². The quantitative estimate of drug-likeness (QED) is 0.681. The van der Waals surface area contributed by atoms with Gasteiger partial charge in [0.15, 0.2) is 5.43 Å². The van der Waals surface area contributed by atoms with Crippen molar-refractivity contribution in [3.05, 3.63) is 63.8 Å². The van der Waals surface area contributed by atoms with Gasteiger partial charge in [-0.1, -0.05) is 18.2 Å². The van der Waals surface area contributed by atoms with Crippen LogP contribution >= 0.6 is 0 Å².